The zero-order chi connectivity index (χ0) is 13.0. The predicted octanol–water partition coefficient (Wildman–Crippen LogP) is 4.39. The van der Waals surface area contributed by atoms with Gasteiger partial charge in [-0.25, -0.2) is 0 Å². The molecule has 0 aliphatic carbocycles. The standard InChI is InChI=1S/C14H16ClNOS/c1-2-12(16)11-5-3-4-6-13(11)17-9-10-7-8-14(15)18-10/h3-8,12H,2,9,16H2,1H3/t12-/m1/s1. The van der Waals surface area contributed by atoms with Gasteiger partial charge in [-0.2, -0.15) is 0 Å². The molecule has 0 amide bonds. The summed E-state index contributed by atoms with van der Waals surface area (Å²) < 4.78 is 6.62. The minimum atomic E-state index is 0.0214. The number of para-hydroxylation sites is 1. The van der Waals surface area contributed by atoms with Crippen LogP contribution >= 0.6 is 22.9 Å². The van der Waals surface area contributed by atoms with Crippen LogP contribution in [0.3, 0.4) is 0 Å². The molecule has 0 aliphatic rings. The molecular formula is C14H16ClNOS. The van der Waals surface area contributed by atoms with E-state index in [1.807, 2.05) is 36.4 Å². The molecule has 0 unspecified atom stereocenters. The zero-order valence-electron chi connectivity index (χ0n) is 10.2. The van der Waals surface area contributed by atoms with Crippen molar-refractivity contribution >= 4 is 22.9 Å². The van der Waals surface area contributed by atoms with Gasteiger partial charge in [0.1, 0.15) is 12.4 Å². The number of benzene rings is 1. The normalized spacial score (nSPS) is 12.4. The van der Waals surface area contributed by atoms with E-state index in [4.69, 9.17) is 22.1 Å². The van der Waals surface area contributed by atoms with E-state index in [0.29, 0.717) is 6.61 Å². The Labute approximate surface area is 116 Å². The summed E-state index contributed by atoms with van der Waals surface area (Å²) in [5, 5.41) is 0. The molecule has 0 fully saturated rings. The molecule has 2 N–H and O–H groups in total. The van der Waals surface area contributed by atoms with Gasteiger partial charge in [-0.05, 0) is 24.6 Å². The zero-order valence-corrected chi connectivity index (χ0v) is 11.8. The Morgan fingerprint density at radius 3 is 2.72 bits per heavy atom. The van der Waals surface area contributed by atoms with Crippen LogP contribution in [0.4, 0.5) is 0 Å². The van der Waals surface area contributed by atoms with Crippen molar-refractivity contribution in [3.8, 4) is 5.75 Å². The summed E-state index contributed by atoms with van der Waals surface area (Å²) in [4.78, 5) is 1.11. The third-order valence-electron chi connectivity index (χ3n) is 2.76. The molecule has 1 atom stereocenters. The van der Waals surface area contributed by atoms with Crippen LogP contribution in [0.5, 0.6) is 5.75 Å². The van der Waals surface area contributed by atoms with Crippen LogP contribution in [0, 0.1) is 0 Å². The molecule has 0 saturated carbocycles. The summed E-state index contributed by atoms with van der Waals surface area (Å²) in [6.07, 6.45) is 0.894. The third-order valence-corrected chi connectivity index (χ3v) is 3.96. The van der Waals surface area contributed by atoms with Gasteiger partial charge in [-0.15, -0.1) is 11.3 Å². The summed E-state index contributed by atoms with van der Waals surface area (Å²) >= 11 is 7.43. The fourth-order valence-electron chi connectivity index (χ4n) is 1.72. The lowest BCUT2D eigenvalue weighted by atomic mass is 10.0. The maximum atomic E-state index is 6.07. The fraction of sp³-hybridized carbons (Fsp3) is 0.286. The van der Waals surface area contributed by atoms with Gasteiger partial charge in [0.25, 0.3) is 0 Å². The van der Waals surface area contributed by atoms with E-state index in [1.54, 1.807) is 0 Å². The highest BCUT2D eigenvalue weighted by atomic mass is 35.5. The van der Waals surface area contributed by atoms with Gasteiger partial charge >= 0.3 is 0 Å². The monoisotopic (exact) mass is 281 g/mol. The van der Waals surface area contributed by atoms with Crippen molar-refractivity contribution in [2.24, 2.45) is 5.73 Å². The largest absolute Gasteiger partial charge is 0.488 e. The first kappa shape index (κ1) is 13.4. The minimum absolute atomic E-state index is 0.0214. The maximum Gasteiger partial charge on any atom is 0.124 e. The average molecular weight is 282 g/mol. The molecule has 0 saturated heterocycles. The van der Waals surface area contributed by atoms with Crippen molar-refractivity contribution in [3.05, 3.63) is 51.2 Å². The van der Waals surface area contributed by atoms with Gasteiger partial charge < -0.3 is 10.5 Å². The van der Waals surface area contributed by atoms with Gasteiger partial charge in [0, 0.05) is 16.5 Å². The Balaban J connectivity index is 2.09. The molecule has 1 aromatic heterocycles. The second-order valence-corrected chi connectivity index (χ2v) is 5.85. The molecule has 1 aromatic carbocycles. The number of thiophene rings is 1. The molecule has 0 bridgehead atoms. The number of nitrogens with two attached hydrogens (primary N) is 1. The maximum absolute atomic E-state index is 6.07. The van der Waals surface area contributed by atoms with Gasteiger partial charge in [0.05, 0.1) is 4.34 Å². The van der Waals surface area contributed by atoms with Crippen LogP contribution in [-0.4, -0.2) is 0 Å². The van der Waals surface area contributed by atoms with E-state index in [-0.39, 0.29) is 6.04 Å². The molecular weight excluding hydrogens is 266 g/mol. The summed E-state index contributed by atoms with van der Waals surface area (Å²) in [7, 11) is 0. The lowest BCUT2D eigenvalue weighted by molar-refractivity contribution is 0.304. The molecule has 0 radical (unpaired) electrons. The minimum Gasteiger partial charge on any atom is -0.488 e. The van der Waals surface area contributed by atoms with Crippen molar-refractivity contribution in [2.45, 2.75) is 26.0 Å². The van der Waals surface area contributed by atoms with Crippen molar-refractivity contribution < 1.29 is 4.74 Å². The molecule has 18 heavy (non-hydrogen) atoms. The van der Waals surface area contributed by atoms with E-state index in [9.17, 15) is 0 Å². The molecule has 2 nitrogen and oxygen atoms in total. The first-order chi connectivity index (χ1) is 8.70. The molecule has 0 aliphatic heterocycles. The molecule has 1 heterocycles. The van der Waals surface area contributed by atoms with E-state index in [2.05, 4.69) is 6.92 Å². The van der Waals surface area contributed by atoms with Crippen LogP contribution < -0.4 is 10.5 Å². The van der Waals surface area contributed by atoms with Gasteiger partial charge in [0.2, 0.25) is 0 Å². The van der Waals surface area contributed by atoms with Crippen LogP contribution in [0.15, 0.2) is 36.4 Å². The number of hydrogen-bond donors (Lipinski definition) is 1. The van der Waals surface area contributed by atoms with Crippen molar-refractivity contribution in [3.63, 3.8) is 0 Å². The Kier molecular flexibility index (Phi) is 4.64. The van der Waals surface area contributed by atoms with Gasteiger partial charge in [-0.1, -0.05) is 36.7 Å². The number of halogens is 1. The predicted molar refractivity (Wildman–Crippen MR) is 77.3 cm³/mol. The van der Waals surface area contributed by atoms with Gasteiger partial charge in [-0.3, -0.25) is 0 Å². The van der Waals surface area contributed by atoms with Crippen LogP contribution in [0.1, 0.15) is 29.8 Å². The first-order valence-corrected chi connectivity index (χ1v) is 7.11. The van der Waals surface area contributed by atoms with E-state index in [0.717, 1.165) is 26.9 Å². The number of hydrogen-bond acceptors (Lipinski definition) is 3. The number of rotatable bonds is 5. The smallest absolute Gasteiger partial charge is 0.124 e. The summed E-state index contributed by atoms with van der Waals surface area (Å²) in [6, 6.07) is 11.8. The number of ether oxygens (including phenoxy) is 1. The highest BCUT2D eigenvalue weighted by Crippen LogP contribution is 2.28. The Morgan fingerprint density at radius 1 is 1.28 bits per heavy atom. The third kappa shape index (κ3) is 3.25. The van der Waals surface area contributed by atoms with E-state index < -0.39 is 0 Å². The van der Waals surface area contributed by atoms with Crippen molar-refractivity contribution in [2.75, 3.05) is 0 Å². The molecule has 0 spiro atoms. The topological polar surface area (TPSA) is 35.2 Å². The summed E-state index contributed by atoms with van der Waals surface area (Å²) in [5.74, 6) is 0.858. The summed E-state index contributed by atoms with van der Waals surface area (Å²) in [5.41, 5.74) is 7.13. The molecule has 4 heteroatoms. The van der Waals surface area contributed by atoms with Crippen molar-refractivity contribution in [1.29, 1.82) is 0 Å². The lowest BCUT2D eigenvalue weighted by Crippen LogP contribution is -2.10. The highest BCUT2D eigenvalue weighted by Gasteiger charge is 2.10. The second kappa shape index (κ2) is 6.23. The summed E-state index contributed by atoms with van der Waals surface area (Å²) in [6.45, 7) is 2.60. The van der Waals surface area contributed by atoms with E-state index >= 15 is 0 Å². The van der Waals surface area contributed by atoms with Gasteiger partial charge in [0.15, 0.2) is 0 Å². The van der Waals surface area contributed by atoms with Crippen molar-refractivity contribution in [1.82, 2.24) is 0 Å². The first-order valence-electron chi connectivity index (χ1n) is 5.92. The highest BCUT2D eigenvalue weighted by molar-refractivity contribution is 7.16. The SMILES string of the molecule is CC[C@@H](N)c1ccccc1OCc1ccc(Cl)s1. The lowest BCUT2D eigenvalue weighted by Gasteiger charge is -2.15. The Hall–Kier alpha value is -1.03. The Morgan fingerprint density at radius 2 is 2.06 bits per heavy atom. The van der Waals surface area contributed by atoms with E-state index in [1.165, 1.54) is 11.3 Å². The molecule has 2 rings (SSSR count). The van der Waals surface area contributed by atoms with Crippen LogP contribution in [0.25, 0.3) is 0 Å². The quantitative estimate of drug-likeness (QED) is 0.882. The fourth-order valence-corrected chi connectivity index (χ4v) is 2.72. The molecule has 2 aromatic rings. The molecule has 96 valence electrons. The average Bonchev–Trinajstić information content (AvgIpc) is 2.81. The van der Waals surface area contributed by atoms with Crippen LogP contribution in [0.2, 0.25) is 4.34 Å². The Bertz CT molecular complexity index is 512. The van der Waals surface area contributed by atoms with Crippen LogP contribution in [-0.2, 0) is 6.61 Å². The second-order valence-electron chi connectivity index (χ2n) is 4.05.